The van der Waals surface area contributed by atoms with E-state index in [1.165, 1.54) is 7.11 Å². The Morgan fingerprint density at radius 3 is 2.47 bits per heavy atom. The van der Waals surface area contributed by atoms with Gasteiger partial charge in [-0.3, -0.25) is 4.79 Å². The summed E-state index contributed by atoms with van der Waals surface area (Å²) in [6.45, 7) is 12.0. The Balaban J connectivity index is 1.47. The Bertz CT molecular complexity index is 912. The van der Waals surface area contributed by atoms with Crippen LogP contribution in [0.1, 0.15) is 79.6 Å². The topological polar surface area (TPSA) is 82.1 Å². The number of carbonyl (C=O) groups excluding carboxylic acids is 2. The average molecular weight is 475 g/mol. The van der Waals surface area contributed by atoms with Gasteiger partial charge in [-0.05, 0) is 48.9 Å². The summed E-state index contributed by atoms with van der Waals surface area (Å²) in [5, 5.41) is 12.3. The number of allylic oxidation sites excluding steroid dienone is 1. The molecule has 6 heteroatoms. The maximum absolute atomic E-state index is 13.9. The van der Waals surface area contributed by atoms with Crippen molar-refractivity contribution in [3.05, 3.63) is 11.6 Å². The number of hydrogen-bond acceptors (Lipinski definition) is 6. The van der Waals surface area contributed by atoms with Crippen LogP contribution < -0.4 is 0 Å². The van der Waals surface area contributed by atoms with Gasteiger partial charge < -0.3 is 19.3 Å². The zero-order valence-corrected chi connectivity index (χ0v) is 21.7. The zero-order valence-electron chi connectivity index (χ0n) is 21.7. The van der Waals surface area contributed by atoms with Crippen molar-refractivity contribution in [3.63, 3.8) is 0 Å². The summed E-state index contributed by atoms with van der Waals surface area (Å²) in [4.78, 5) is 26.0. The summed E-state index contributed by atoms with van der Waals surface area (Å²) >= 11 is 0. The fraction of sp³-hybridized carbons (Fsp3) is 0.857. The molecule has 34 heavy (non-hydrogen) atoms. The highest BCUT2D eigenvalue weighted by Gasteiger charge is 2.70. The lowest BCUT2D eigenvalue weighted by Gasteiger charge is -2.66. The van der Waals surface area contributed by atoms with Gasteiger partial charge in [0.25, 0.3) is 0 Å². The monoisotopic (exact) mass is 474 g/mol. The summed E-state index contributed by atoms with van der Waals surface area (Å²) in [5.41, 5.74) is -0.785. The molecule has 1 N–H and O–H groups in total. The van der Waals surface area contributed by atoms with Crippen LogP contribution in [-0.4, -0.2) is 48.6 Å². The van der Waals surface area contributed by atoms with E-state index < -0.39 is 16.8 Å². The highest BCUT2D eigenvalue weighted by Crippen LogP contribution is 2.69. The van der Waals surface area contributed by atoms with Crippen molar-refractivity contribution < 1.29 is 28.9 Å². The van der Waals surface area contributed by atoms with Crippen molar-refractivity contribution in [2.45, 2.75) is 91.0 Å². The first-order valence-electron chi connectivity index (χ1n) is 13.1. The van der Waals surface area contributed by atoms with E-state index >= 15 is 0 Å². The predicted molar refractivity (Wildman–Crippen MR) is 127 cm³/mol. The van der Waals surface area contributed by atoms with E-state index in [4.69, 9.17) is 14.2 Å². The number of rotatable bonds is 1. The van der Waals surface area contributed by atoms with E-state index in [1.54, 1.807) is 6.08 Å². The van der Waals surface area contributed by atoms with Gasteiger partial charge in [0.2, 0.25) is 0 Å². The molecule has 4 saturated carbocycles. The molecule has 1 spiro atoms. The lowest BCUT2D eigenvalue weighted by molar-refractivity contribution is -0.358. The molecule has 6 nitrogen and oxygen atoms in total. The van der Waals surface area contributed by atoms with Crippen LogP contribution in [0.5, 0.6) is 0 Å². The molecule has 0 radical (unpaired) electrons. The van der Waals surface area contributed by atoms with E-state index in [1.807, 2.05) is 0 Å². The van der Waals surface area contributed by atoms with Crippen molar-refractivity contribution in [2.75, 3.05) is 20.3 Å². The van der Waals surface area contributed by atoms with Crippen molar-refractivity contribution in [3.8, 4) is 0 Å². The molecular weight excluding hydrogens is 432 g/mol. The number of ketones is 1. The predicted octanol–water partition coefficient (Wildman–Crippen LogP) is 4.44. The van der Waals surface area contributed by atoms with Crippen LogP contribution in [0.3, 0.4) is 0 Å². The number of aliphatic hydroxyl groups is 1. The number of carbonyl (C=O) groups is 2. The van der Waals surface area contributed by atoms with Crippen LogP contribution in [0, 0.1) is 39.9 Å². The van der Waals surface area contributed by atoms with E-state index in [2.05, 4.69) is 34.6 Å². The first-order chi connectivity index (χ1) is 15.8. The van der Waals surface area contributed by atoms with Crippen molar-refractivity contribution in [1.82, 2.24) is 0 Å². The van der Waals surface area contributed by atoms with Crippen molar-refractivity contribution in [2.24, 2.45) is 39.9 Å². The first kappa shape index (κ1) is 24.5. The quantitative estimate of drug-likeness (QED) is 0.447. The fourth-order valence-electron chi connectivity index (χ4n) is 8.71. The molecule has 190 valence electrons. The van der Waals surface area contributed by atoms with Crippen LogP contribution in [-0.2, 0) is 23.8 Å². The van der Waals surface area contributed by atoms with Gasteiger partial charge in [-0.25, -0.2) is 4.79 Å². The average Bonchev–Trinajstić information content (AvgIpc) is 3.08. The molecule has 5 fully saturated rings. The van der Waals surface area contributed by atoms with Gasteiger partial charge in [0.05, 0.1) is 25.9 Å². The van der Waals surface area contributed by atoms with E-state index in [0.717, 1.165) is 31.3 Å². The van der Waals surface area contributed by atoms with Gasteiger partial charge in [0, 0.05) is 42.1 Å². The molecule has 0 bridgehead atoms. The molecular formula is C28H42O6. The first-order valence-corrected chi connectivity index (χ1v) is 13.1. The smallest absolute Gasteiger partial charge is 0.330 e. The number of Topliss-reactive ketones (excluding diaryl/α,β-unsaturated/α-hetero) is 1. The summed E-state index contributed by atoms with van der Waals surface area (Å²) in [7, 11) is 1.40. The largest absolute Gasteiger partial charge is 0.466 e. The van der Waals surface area contributed by atoms with Gasteiger partial charge in [-0.2, -0.15) is 0 Å². The second-order valence-corrected chi connectivity index (χ2v) is 13.3. The molecule has 7 atom stereocenters. The lowest BCUT2D eigenvalue weighted by Crippen LogP contribution is -2.70. The van der Waals surface area contributed by atoms with Crippen LogP contribution >= 0.6 is 0 Å². The zero-order chi connectivity index (χ0) is 24.7. The SMILES string of the molecule is COC(=O)C=C1CCC2C3CC(C)C4(O)CC5(CCC4(C)C3C(=O)CC12C)OCC(C)(C)CO5. The standard InChI is InChI=1S/C28H42O6/c1-17-11-19-20-8-7-18(12-22(30)32-6)25(20,4)13-21(29)23(19)26(5)9-10-27(14-28(17,26)31)33-15-24(2,3)16-34-27/h12,17,19-20,23,31H,7-11,13-16H2,1-6H3. The normalized spacial score (nSPS) is 48.2. The molecule has 7 unspecified atom stereocenters. The van der Waals surface area contributed by atoms with E-state index in [-0.39, 0.29) is 40.3 Å². The molecule has 1 heterocycles. The molecule has 1 saturated heterocycles. The molecule has 1 aliphatic heterocycles. The van der Waals surface area contributed by atoms with Gasteiger partial charge >= 0.3 is 5.97 Å². The summed E-state index contributed by atoms with van der Waals surface area (Å²) in [5.74, 6) is -0.413. The molecule has 5 rings (SSSR count). The number of methoxy groups -OCH3 is 1. The maximum Gasteiger partial charge on any atom is 0.330 e. The van der Waals surface area contributed by atoms with Gasteiger partial charge in [-0.15, -0.1) is 0 Å². The molecule has 0 aromatic heterocycles. The van der Waals surface area contributed by atoms with Gasteiger partial charge in [-0.1, -0.05) is 40.2 Å². The summed E-state index contributed by atoms with van der Waals surface area (Å²) in [6, 6.07) is 0. The molecule has 5 aliphatic rings. The molecule has 0 aromatic carbocycles. The highest BCUT2D eigenvalue weighted by molar-refractivity contribution is 5.87. The van der Waals surface area contributed by atoms with Gasteiger partial charge in [0.15, 0.2) is 5.79 Å². The Morgan fingerprint density at radius 2 is 1.82 bits per heavy atom. The molecule has 4 aliphatic carbocycles. The maximum atomic E-state index is 13.9. The number of fused-ring (bicyclic) bond motifs is 5. The van der Waals surface area contributed by atoms with Crippen LogP contribution in [0.2, 0.25) is 0 Å². The molecule has 0 amide bonds. The summed E-state index contributed by atoms with van der Waals surface area (Å²) in [6.07, 6.45) is 6.56. The minimum absolute atomic E-state index is 0.0282. The second kappa shape index (κ2) is 7.63. The third-order valence-electron chi connectivity index (χ3n) is 10.7. The second-order valence-electron chi connectivity index (χ2n) is 13.3. The number of esters is 1. The van der Waals surface area contributed by atoms with Crippen LogP contribution in [0.4, 0.5) is 0 Å². The number of hydrogen-bond donors (Lipinski definition) is 1. The minimum atomic E-state index is -1.01. The van der Waals surface area contributed by atoms with Crippen molar-refractivity contribution >= 4 is 11.8 Å². The van der Waals surface area contributed by atoms with E-state index in [0.29, 0.717) is 38.4 Å². The van der Waals surface area contributed by atoms with Crippen LogP contribution in [0.15, 0.2) is 11.6 Å². The summed E-state index contributed by atoms with van der Waals surface area (Å²) < 4.78 is 17.5. The number of ether oxygens (including phenoxy) is 3. The fourth-order valence-corrected chi connectivity index (χ4v) is 8.71. The Morgan fingerprint density at radius 1 is 1.15 bits per heavy atom. The van der Waals surface area contributed by atoms with Crippen molar-refractivity contribution in [1.29, 1.82) is 0 Å². The Labute approximate surface area is 203 Å². The van der Waals surface area contributed by atoms with Gasteiger partial charge in [0.1, 0.15) is 5.78 Å². The third kappa shape index (κ3) is 3.31. The Hall–Kier alpha value is -1.24. The third-order valence-corrected chi connectivity index (χ3v) is 10.7. The van der Waals surface area contributed by atoms with E-state index in [9.17, 15) is 14.7 Å². The lowest BCUT2D eigenvalue weighted by atomic mass is 9.41. The Kier molecular flexibility index (Phi) is 5.49. The minimum Gasteiger partial charge on any atom is -0.466 e. The highest BCUT2D eigenvalue weighted by atomic mass is 16.7. The molecule has 0 aromatic rings. The van der Waals surface area contributed by atoms with Crippen LogP contribution in [0.25, 0.3) is 0 Å².